The largest absolute Gasteiger partial charge is 0.505 e. The summed E-state index contributed by atoms with van der Waals surface area (Å²) in [5.41, 5.74) is 5.47. The van der Waals surface area contributed by atoms with Crippen LogP contribution in [-0.4, -0.2) is 52.7 Å². The number of phenolic OH excluding ortho intramolecular Hbond substituents is 1. The Bertz CT molecular complexity index is 2140. The second kappa shape index (κ2) is 12.5. The Morgan fingerprint density at radius 3 is 1.66 bits per heavy atom. The van der Waals surface area contributed by atoms with E-state index in [2.05, 4.69) is 29.8 Å². The quantitative estimate of drug-likeness (QED) is 0.0406. The van der Waals surface area contributed by atoms with Crippen molar-refractivity contribution in [1.82, 2.24) is 0 Å². The molecule has 0 aromatic heterocycles. The second-order valence-electron chi connectivity index (χ2n) is 8.94. The first-order chi connectivity index (χ1) is 20.5. The van der Waals surface area contributed by atoms with Gasteiger partial charge in [0, 0.05) is 12.5 Å². The van der Waals surface area contributed by atoms with Crippen molar-refractivity contribution < 1.29 is 49.5 Å². The predicted octanol–water partition coefficient (Wildman–Crippen LogP) is 5.44. The normalized spacial score (nSPS) is 12.9. The van der Waals surface area contributed by atoms with Gasteiger partial charge in [0.15, 0.2) is 25.4 Å². The van der Waals surface area contributed by atoms with E-state index in [0.717, 1.165) is 18.6 Å². The Morgan fingerprint density at radius 2 is 1.23 bits per heavy atom. The summed E-state index contributed by atoms with van der Waals surface area (Å²) in [5.74, 6) is -0.825. The maximum Gasteiger partial charge on any atom is 0.296 e. The predicted molar refractivity (Wildman–Crippen MR) is 158 cm³/mol. The number of benzene rings is 4. The van der Waals surface area contributed by atoms with Crippen molar-refractivity contribution in [3.8, 4) is 5.75 Å². The van der Waals surface area contributed by atoms with E-state index in [1.165, 1.54) is 54.6 Å². The monoisotopic (exact) mass is 683 g/mol. The van der Waals surface area contributed by atoms with Gasteiger partial charge < -0.3 is 10.8 Å². The first-order valence-corrected chi connectivity index (χ1v) is 17.7. The number of azo groups is 2. The van der Waals surface area contributed by atoms with Crippen LogP contribution in [0.4, 0.5) is 28.4 Å². The molecule has 0 atom stereocenters. The van der Waals surface area contributed by atoms with Gasteiger partial charge in [-0.15, -0.1) is 14.6 Å². The van der Waals surface area contributed by atoms with Crippen molar-refractivity contribution in [2.24, 2.45) is 20.5 Å². The van der Waals surface area contributed by atoms with E-state index in [1.54, 1.807) is 0 Å². The first kappa shape index (κ1) is 32.9. The van der Waals surface area contributed by atoms with Crippen LogP contribution in [0.2, 0.25) is 0 Å². The molecule has 0 aliphatic heterocycles. The van der Waals surface area contributed by atoms with E-state index in [9.17, 15) is 34.9 Å². The lowest BCUT2D eigenvalue weighted by atomic mass is 10.1. The van der Waals surface area contributed by atoms with Gasteiger partial charge in [-0.05, 0) is 66.0 Å². The molecule has 4 rings (SSSR count). The molecule has 0 spiro atoms. The van der Waals surface area contributed by atoms with Gasteiger partial charge in [-0.3, -0.25) is 4.55 Å². The Kier molecular flexibility index (Phi) is 9.37. The second-order valence-corrected chi connectivity index (χ2v) is 15.1. The van der Waals surface area contributed by atoms with Crippen molar-refractivity contribution >= 4 is 81.0 Å². The van der Waals surface area contributed by atoms with Gasteiger partial charge in [0.25, 0.3) is 10.1 Å². The average Bonchev–Trinajstić information content (AvgIpc) is 2.93. The van der Waals surface area contributed by atoms with E-state index in [-0.39, 0.29) is 48.2 Å². The number of hydrogen-bond donors (Lipinski definition) is 4. The number of nitrogen functional groups attached to an aromatic ring is 1. The van der Waals surface area contributed by atoms with Crippen LogP contribution in [0.1, 0.15) is 0 Å². The number of phenols is 1. The highest BCUT2D eigenvalue weighted by molar-refractivity contribution is 7.94. The molecule has 4 aromatic carbocycles. The fraction of sp³-hybridized carbons (Fsp3) is 0.0833. The fourth-order valence-electron chi connectivity index (χ4n) is 3.76. The molecule has 5 N–H and O–H groups in total. The van der Waals surface area contributed by atoms with Crippen LogP contribution in [0.15, 0.2) is 101 Å². The lowest BCUT2D eigenvalue weighted by Crippen LogP contribution is -2.00. The lowest BCUT2D eigenvalue weighted by Gasteiger charge is -2.14. The summed E-state index contributed by atoms with van der Waals surface area (Å²) in [4.78, 5) is -0.816. The third-order valence-corrected chi connectivity index (χ3v) is 9.55. The zero-order valence-electron chi connectivity index (χ0n) is 22.4. The number of aromatic hydroxyl groups is 1. The van der Waals surface area contributed by atoms with Crippen LogP contribution in [0.3, 0.4) is 0 Å². The van der Waals surface area contributed by atoms with E-state index < -0.39 is 46.1 Å². The van der Waals surface area contributed by atoms with Gasteiger partial charge in [-0.1, -0.05) is 5.04 Å². The first-order valence-electron chi connectivity index (χ1n) is 11.7. The van der Waals surface area contributed by atoms with Crippen molar-refractivity contribution in [1.29, 1.82) is 0 Å². The van der Waals surface area contributed by atoms with Crippen LogP contribution >= 0.6 is 12.0 Å². The number of anilines is 1. The Labute approximate surface area is 254 Å². The topological polar surface area (TPSA) is 257 Å². The SMILES string of the molecule is CS(=O)(=O)c1ccc(N=Nc2c(SOOO)cc3cc(S(=O)(=O)O)c(N=Nc4ccc(S(C)(=O)=O)cc4)c(O)c3c2N)cc1. The van der Waals surface area contributed by atoms with E-state index >= 15 is 0 Å². The fourth-order valence-corrected chi connectivity index (χ4v) is 6.19. The van der Waals surface area contributed by atoms with E-state index in [1.807, 2.05) is 0 Å². The molecule has 0 amide bonds. The van der Waals surface area contributed by atoms with Crippen LogP contribution < -0.4 is 5.73 Å². The number of fused-ring (bicyclic) bond motifs is 1. The average molecular weight is 684 g/mol. The molecular weight excluding hydrogens is 663 g/mol. The number of hydrogen-bond acceptors (Lipinski definition) is 16. The molecule has 44 heavy (non-hydrogen) atoms. The molecular formula is C24H21N5O11S4. The molecule has 0 fully saturated rings. The van der Waals surface area contributed by atoms with Crippen molar-refractivity contribution in [3.63, 3.8) is 0 Å². The highest BCUT2D eigenvalue weighted by Crippen LogP contribution is 2.49. The summed E-state index contributed by atoms with van der Waals surface area (Å²) < 4.78 is 85.8. The summed E-state index contributed by atoms with van der Waals surface area (Å²) in [6, 6.07) is 12.6. The third-order valence-electron chi connectivity index (χ3n) is 5.81. The van der Waals surface area contributed by atoms with Crippen LogP contribution in [0.25, 0.3) is 10.8 Å². The molecule has 0 aliphatic carbocycles. The summed E-state index contributed by atoms with van der Waals surface area (Å²) >= 11 is 0.387. The lowest BCUT2D eigenvalue weighted by molar-refractivity contribution is -0.432. The van der Waals surface area contributed by atoms with Gasteiger partial charge in [0.05, 0.1) is 49.2 Å². The number of rotatable bonds is 10. The standard InChI is InChI=1S/C24H21N5O11S4/c1-42(32,33)16-7-3-14(4-8-16)26-28-22-18(41-40-39-31)11-13-12-19(44(36,37)38)23(24(30)20(13)21(22)25)29-27-15-5-9-17(10-6-15)43(2,34)35/h3-12,30-31H,25H2,1-2H3,(H,36,37,38). The maximum absolute atomic E-state index is 12.3. The van der Waals surface area contributed by atoms with Gasteiger partial charge in [0.2, 0.25) is 0 Å². The smallest absolute Gasteiger partial charge is 0.296 e. The molecule has 0 aliphatic rings. The summed E-state index contributed by atoms with van der Waals surface area (Å²) in [5, 5.41) is 38.9. The van der Waals surface area contributed by atoms with E-state index in [4.69, 9.17) is 11.0 Å². The van der Waals surface area contributed by atoms with Crippen LogP contribution in [0, 0.1) is 0 Å². The van der Waals surface area contributed by atoms with Gasteiger partial charge in [0.1, 0.15) is 16.3 Å². The molecule has 0 saturated carbocycles. The molecule has 16 nitrogen and oxygen atoms in total. The van der Waals surface area contributed by atoms with Gasteiger partial charge in [-0.2, -0.15) is 18.6 Å². The van der Waals surface area contributed by atoms with Gasteiger partial charge >= 0.3 is 0 Å². The Morgan fingerprint density at radius 1 is 0.750 bits per heavy atom. The van der Waals surface area contributed by atoms with Crippen LogP contribution in [-0.2, 0) is 39.2 Å². The van der Waals surface area contributed by atoms with Gasteiger partial charge in [-0.25, -0.2) is 22.1 Å². The molecule has 20 heteroatoms. The third kappa shape index (κ3) is 7.36. The number of nitrogens with zero attached hydrogens (tertiary/aromatic N) is 4. The molecule has 0 saturated heterocycles. The minimum Gasteiger partial charge on any atom is -0.505 e. The summed E-state index contributed by atoms with van der Waals surface area (Å²) in [7, 11) is -12.0. The van der Waals surface area contributed by atoms with E-state index in [0.29, 0.717) is 12.0 Å². The van der Waals surface area contributed by atoms with Crippen LogP contribution in [0.5, 0.6) is 5.75 Å². The maximum atomic E-state index is 12.3. The summed E-state index contributed by atoms with van der Waals surface area (Å²) in [6.07, 6.45) is 2.04. The van der Waals surface area contributed by atoms with Crippen molar-refractivity contribution in [2.45, 2.75) is 19.6 Å². The Hall–Kier alpha value is -4.02. The van der Waals surface area contributed by atoms with Crippen molar-refractivity contribution in [3.05, 3.63) is 60.7 Å². The number of nitrogens with two attached hydrogens (primary N) is 1. The number of sulfone groups is 2. The molecule has 0 radical (unpaired) electrons. The Balaban J connectivity index is 1.89. The highest BCUT2D eigenvalue weighted by atomic mass is 32.2. The summed E-state index contributed by atoms with van der Waals surface area (Å²) in [6.45, 7) is 0. The minimum absolute atomic E-state index is 0.00147. The zero-order chi connectivity index (χ0) is 32.4. The molecule has 232 valence electrons. The molecule has 0 unspecified atom stereocenters. The molecule has 4 aromatic rings. The highest BCUT2D eigenvalue weighted by Gasteiger charge is 2.26. The zero-order valence-corrected chi connectivity index (χ0v) is 25.6. The minimum atomic E-state index is -5.01. The van der Waals surface area contributed by atoms with Crippen molar-refractivity contribution in [2.75, 3.05) is 18.2 Å². The molecule has 0 heterocycles. The molecule has 0 bridgehead atoms.